The van der Waals surface area contributed by atoms with E-state index >= 15 is 0 Å². The van der Waals surface area contributed by atoms with Crippen LogP contribution in [0.2, 0.25) is 0 Å². The van der Waals surface area contributed by atoms with E-state index in [0.29, 0.717) is 5.92 Å². The van der Waals surface area contributed by atoms with Crippen LogP contribution in [0.25, 0.3) is 0 Å². The second kappa shape index (κ2) is 5.53. The highest BCUT2D eigenvalue weighted by atomic mass is 32.2. The normalized spacial score (nSPS) is 20.9. The summed E-state index contributed by atoms with van der Waals surface area (Å²) in [6, 6.07) is 2.22. The van der Waals surface area contributed by atoms with E-state index in [0.717, 1.165) is 12.5 Å². The van der Waals surface area contributed by atoms with E-state index < -0.39 is 16.0 Å². The first kappa shape index (κ1) is 15.6. The molecule has 2 unspecified atom stereocenters. The minimum absolute atomic E-state index is 0.0104. The molecule has 1 aromatic carbocycles. The maximum absolute atomic E-state index is 12.3. The topological polar surface area (TPSA) is 102 Å². The van der Waals surface area contributed by atoms with Crippen LogP contribution in [0.5, 0.6) is 11.5 Å². The largest absolute Gasteiger partial charge is 0.493 e. The van der Waals surface area contributed by atoms with Crippen molar-refractivity contribution in [3.8, 4) is 11.5 Å². The standard InChI is InChI=1S/C13H17NO6S/c1-7-4-10(7)14-21(17,18)8-5-9(13(15)16)12(20-3)11(6-8)19-2/h5-7,10,14H,4H2,1-3H3,(H,15,16). The average molecular weight is 315 g/mol. The number of rotatable bonds is 6. The first-order valence-electron chi connectivity index (χ1n) is 6.31. The minimum Gasteiger partial charge on any atom is -0.493 e. The van der Waals surface area contributed by atoms with Crippen molar-refractivity contribution < 1.29 is 27.8 Å². The molecule has 21 heavy (non-hydrogen) atoms. The molecule has 8 heteroatoms. The summed E-state index contributed by atoms with van der Waals surface area (Å²) < 4.78 is 37.1. The predicted molar refractivity (Wildman–Crippen MR) is 74.4 cm³/mol. The van der Waals surface area contributed by atoms with Gasteiger partial charge in [-0.2, -0.15) is 0 Å². The molecular formula is C13H17NO6S. The Morgan fingerprint density at radius 1 is 1.33 bits per heavy atom. The van der Waals surface area contributed by atoms with Crippen molar-refractivity contribution in [3.63, 3.8) is 0 Å². The van der Waals surface area contributed by atoms with Crippen molar-refractivity contribution in [2.24, 2.45) is 5.92 Å². The van der Waals surface area contributed by atoms with Crippen LogP contribution in [0.4, 0.5) is 0 Å². The number of aromatic carboxylic acids is 1. The SMILES string of the molecule is COc1cc(S(=O)(=O)NC2CC2C)cc(C(=O)O)c1OC. The molecule has 1 saturated carbocycles. The van der Waals surface area contributed by atoms with Crippen molar-refractivity contribution in [2.75, 3.05) is 14.2 Å². The number of nitrogens with one attached hydrogen (secondary N) is 1. The van der Waals surface area contributed by atoms with Gasteiger partial charge in [-0.05, 0) is 18.4 Å². The van der Waals surface area contributed by atoms with Crippen LogP contribution in [0.15, 0.2) is 17.0 Å². The number of carboxylic acid groups (broad SMARTS) is 1. The van der Waals surface area contributed by atoms with Gasteiger partial charge >= 0.3 is 5.97 Å². The van der Waals surface area contributed by atoms with Gasteiger partial charge in [0, 0.05) is 12.1 Å². The van der Waals surface area contributed by atoms with Crippen molar-refractivity contribution in [1.29, 1.82) is 0 Å². The van der Waals surface area contributed by atoms with Gasteiger partial charge in [0.1, 0.15) is 5.56 Å². The number of carboxylic acids is 1. The average Bonchev–Trinajstić information content (AvgIpc) is 3.11. The Kier molecular flexibility index (Phi) is 4.11. The second-order valence-electron chi connectivity index (χ2n) is 4.95. The Morgan fingerprint density at radius 2 is 1.95 bits per heavy atom. The van der Waals surface area contributed by atoms with E-state index in [4.69, 9.17) is 9.47 Å². The molecule has 0 amide bonds. The van der Waals surface area contributed by atoms with Gasteiger partial charge in [0.15, 0.2) is 11.5 Å². The smallest absolute Gasteiger partial charge is 0.339 e. The number of hydrogen-bond donors (Lipinski definition) is 2. The maximum atomic E-state index is 12.3. The lowest BCUT2D eigenvalue weighted by molar-refractivity contribution is 0.0692. The van der Waals surface area contributed by atoms with Crippen LogP contribution in [0.3, 0.4) is 0 Å². The van der Waals surface area contributed by atoms with Gasteiger partial charge in [-0.3, -0.25) is 0 Å². The van der Waals surface area contributed by atoms with Gasteiger partial charge in [0.05, 0.1) is 19.1 Å². The molecule has 1 fully saturated rings. The molecular weight excluding hydrogens is 298 g/mol. The van der Waals surface area contributed by atoms with Gasteiger partial charge in [0.25, 0.3) is 0 Å². The fraction of sp³-hybridized carbons (Fsp3) is 0.462. The van der Waals surface area contributed by atoms with Gasteiger partial charge in [-0.15, -0.1) is 0 Å². The van der Waals surface area contributed by atoms with Gasteiger partial charge in [-0.25, -0.2) is 17.9 Å². The number of hydrogen-bond acceptors (Lipinski definition) is 5. The van der Waals surface area contributed by atoms with Gasteiger partial charge < -0.3 is 14.6 Å². The zero-order chi connectivity index (χ0) is 15.8. The molecule has 0 heterocycles. The fourth-order valence-corrected chi connectivity index (χ4v) is 3.41. The summed E-state index contributed by atoms with van der Waals surface area (Å²) in [4.78, 5) is 11.1. The Bertz CT molecular complexity index is 669. The molecule has 116 valence electrons. The molecule has 1 aliphatic rings. The van der Waals surface area contributed by atoms with Crippen LogP contribution in [-0.2, 0) is 10.0 Å². The highest BCUT2D eigenvalue weighted by molar-refractivity contribution is 7.89. The monoisotopic (exact) mass is 315 g/mol. The number of benzene rings is 1. The summed E-state index contributed by atoms with van der Waals surface area (Å²) in [5, 5.41) is 9.19. The van der Waals surface area contributed by atoms with Gasteiger partial charge in [0.2, 0.25) is 10.0 Å². The Morgan fingerprint density at radius 3 is 2.38 bits per heavy atom. The van der Waals surface area contributed by atoms with Crippen molar-refractivity contribution in [3.05, 3.63) is 17.7 Å². The molecule has 0 saturated heterocycles. The van der Waals surface area contributed by atoms with Crippen LogP contribution in [0.1, 0.15) is 23.7 Å². The summed E-state index contributed by atoms with van der Waals surface area (Å²) >= 11 is 0. The van der Waals surface area contributed by atoms with Crippen LogP contribution in [-0.4, -0.2) is 39.8 Å². The first-order valence-corrected chi connectivity index (χ1v) is 7.80. The minimum atomic E-state index is -3.79. The molecule has 1 aliphatic carbocycles. The Balaban J connectivity index is 2.49. The van der Waals surface area contributed by atoms with Crippen LogP contribution >= 0.6 is 0 Å². The zero-order valence-electron chi connectivity index (χ0n) is 11.9. The molecule has 0 bridgehead atoms. The summed E-state index contributed by atoms with van der Waals surface area (Å²) in [7, 11) is -1.18. The Labute approximate surface area is 122 Å². The number of ether oxygens (including phenoxy) is 2. The number of sulfonamides is 1. The molecule has 2 atom stereocenters. The van der Waals surface area contributed by atoms with Crippen molar-refractivity contribution in [2.45, 2.75) is 24.3 Å². The van der Waals surface area contributed by atoms with E-state index in [1.54, 1.807) is 0 Å². The highest BCUT2D eigenvalue weighted by Gasteiger charge is 2.37. The summed E-state index contributed by atoms with van der Waals surface area (Å²) in [5.41, 5.74) is -0.263. The van der Waals surface area contributed by atoms with E-state index in [9.17, 15) is 18.3 Å². The molecule has 1 aromatic rings. The van der Waals surface area contributed by atoms with Crippen molar-refractivity contribution in [1.82, 2.24) is 4.72 Å². The van der Waals surface area contributed by atoms with E-state index in [1.165, 1.54) is 20.3 Å². The molecule has 0 aliphatic heterocycles. The lowest BCUT2D eigenvalue weighted by atomic mass is 10.2. The highest BCUT2D eigenvalue weighted by Crippen LogP contribution is 2.35. The quantitative estimate of drug-likeness (QED) is 0.814. The van der Waals surface area contributed by atoms with E-state index in [-0.39, 0.29) is 28.0 Å². The molecule has 2 rings (SSSR count). The third-order valence-electron chi connectivity index (χ3n) is 3.41. The predicted octanol–water partition coefficient (Wildman–Crippen LogP) is 1.09. The second-order valence-corrected chi connectivity index (χ2v) is 6.67. The summed E-state index contributed by atoms with van der Waals surface area (Å²) in [6.45, 7) is 1.93. The van der Waals surface area contributed by atoms with Gasteiger partial charge in [-0.1, -0.05) is 6.92 Å². The fourth-order valence-electron chi connectivity index (χ4n) is 2.01. The number of methoxy groups -OCH3 is 2. The lowest BCUT2D eigenvalue weighted by Crippen LogP contribution is -2.27. The van der Waals surface area contributed by atoms with E-state index in [1.807, 2.05) is 6.92 Å². The number of carbonyl (C=O) groups is 1. The van der Waals surface area contributed by atoms with E-state index in [2.05, 4.69) is 4.72 Å². The Hall–Kier alpha value is -1.80. The third kappa shape index (κ3) is 3.11. The first-order chi connectivity index (χ1) is 9.80. The molecule has 0 aromatic heterocycles. The zero-order valence-corrected chi connectivity index (χ0v) is 12.7. The van der Waals surface area contributed by atoms with Crippen LogP contribution in [0, 0.1) is 5.92 Å². The third-order valence-corrected chi connectivity index (χ3v) is 4.88. The van der Waals surface area contributed by atoms with Crippen LogP contribution < -0.4 is 14.2 Å². The molecule has 0 radical (unpaired) electrons. The lowest BCUT2D eigenvalue weighted by Gasteiger charge is -2.13. The summed E-state index contributed by atoms with van der Waals surface area (Å²) in [5.74, 6) is -0.953. The summed E-state index contributed by atoms with van der Waals surface area (Å²) in [6.07, 6.45) is 0.776. The maximum Gasteiger partial charge on any atom is 0.339 e. The molecule has 0 spiro atoms. The molecule has 2 N–H and O–H groups in total. The van der Waals surface area contributed by atoms with Crippen molar-refractivity contribution >= 4 is 16.0 Å². The molecule has 7 nitrogen and oxygen atoms in total.